The van der Waals surface area contributed by atoms with Crippen molar-refractivity contribution in [2.24, 2.45) is 0 Å². The molecule has 96 valence electrons. The van der Waals surface area contributed by atoms with Gasteiger partial charge in [0.25, 0.3) is 0 Å². The molecule has 0 heterocycles. The molecule has 2 N–H and O–H groups in total. The molecule has 0 bridgehead atoms. The molecule has 3 nitrogen and oxygen atoms in total. The highest BCUT2D eigenvalue weighted by Crippen LogP contribution is 2.00. The minimum absolute atomic E-state index is 0.511. The van der Waals surface area contributed by atoms with Crippen molar-refractivity contribution >= 4 is 17.3 Å². The SMILES string of the molecule is CCCC(CC)NC(=S)NCCCOCC. The first-order valence-electron chi connectivity index (χ1n) is 6.36. The van der Waals surface area contributed by atoms with Crippen LogP contribution in [0, 0.1) is 0 Å². The highest BCUT2D eigenvalue weighted by Gasteiger charge is 2.05. The van der Waals surface area contributed by atoms with E-state index >= 15 is 0 Å². The molecule has 16 heavy (non-hydrogen) atoms. The molecule has 0 aromatic heterocycles. The molecule has 0 aromatic carbocycles. The minimum atomic E-state index is 0.511. The fraction of sp³-hybridized carbons (Fsp3) is 0.917. The van der Waals surface area contributed by atoms with Crippen LogP contribution in [0.25, 0.3) is 0 Å². The zero-order valence-corrected chi connectivity index (χ0v) is 11.7. The number of thiocarbonyl (C=S) groups is 1. The molecule has 0 saturated carbocycles. The van der Waals surface area contributed by atoms with E-state index in [0.29, 0.717) is 6.04 Å². The van der Waals surface area contributed by atoms with E-state index in [9.17, 15) is 0 Å². The van der Waals surface area contributed by atoms with Crippen molar-refractivity contribution in [1.82, 2.24) is 10.6 Å². The van der Waals surface area contributed by atoms with E-state index in [0.717, 1.165) is 37.7 Å². The Kier molecular flexibility index (Phi) is 10.9. The Morgan fingerprint density at radius 2 is 2.06 bits per heavy atom. The van der Waals surface area contributed by atoms with Crippen LogP contribution < -0.4 is 10.6 Å². The fourth-order valence-corrected chi connectivity index (χ4v) is 1.75. The lowest BCUT2D eigenvalue weighted by Gasteiger charge is -2.18. The van der Waals surface area contributed by atoms with Gasteiger partial charge in [-0.25, -0.2) is 0 Å². The van der Waals surface area contributed by atoms with Gasteiger partial charge in [0.05, 0.1) is 0 Å². The summed E-state index contributed by atoms with van der Waals surface area (Å²) in [5.41, 5.74) is 0. The van der Waals surface area contributed by atoms with Crippen molar-refractivity contribution in [3.8, 4) is 0 Å². The van der Waals surface area contributed by atoms with E-state index < -0.39 is 0 Å². The van der Waals surface area contributed by atoms with Gasteiger partial charge in [-0.3, -0.25) is 0 Å². The molecule has 0 aliphatic heterocycles. The van der Waals surface area contributed by atoms with E-state index in [2.05, 4.69) is 24.5 Å². The molecule has 0 radical (unpaired) electrons. The van der Waals surface area contributed by atoms with Crippen molar-refractivity contribution in [2.45, 2.75) is 52.5 Å². The lowest BCUT2D eigenvalue weighted by molar-refractivity contribution is 0.145. The second-order valence-corrected chi connectivity index (χ2v) is 4.25. The van der Waals surface area contributed by atoms with Gasteiger partial charge in [-0.2, -0.15) is 0 Å². The van der Waals surface area contributed by atoms with Gasteiger partial charge >= 0.3 is 0 Å². The van der Waals surface area contributed by atoms with Crippen LogP contribution in [-0.4, -0.2) is 30.9 Å². The van der Waals surface area contributed by atoms with E-state index in [4.69, 9.17) is 17.0 Å². The summed E-state index contributed by atoms with van der Waals surface area (Å²) < 4.78 is 5.25. The molecule has 0 spiro atoms. The standard InChI is InChI=1S/C12H26N2OS/c1-4-8-11(5-2)14-12(16)13-9-7-10-15-6-3/h11H,4-10H2,1-3H3,(H2,13,14,16). The Hall–Kier alpha value is -0.350. The van der Waals surface area contributed by atoms with Crippen LogP contribution in [0.5, 0.6) is 0 Å². The Balaban J connectivity index is 3.48. The Labute approximate surface area is 105 Å². The van der Waals surface area contributed by atoms with Crippen LogP contribution >= 0.6 is 12.2 Å². The maximum Gasteiger partial charge on any atom is 0.166 e. The lowest BCUT2D eigenvalue weighted by atomic mass is 10.1. The summed E-state index contributed by atoms with van der Waals surface area (Å²) in [6, 6.07) is 0.511. The van der Waals surface area contributed by atoms with Crippen molar-refractivity contribution in [3.05, 3.63) is 0 Å². The monoisotopic (exact) mass is 246 g/mol. The second-order valence-electron chi connectivity index (χ2n) is 3.84. The predicted molar refractivity (Wildman–Crippen MR) is 73.8 cm³/mol. The minimum Gasteiger partial charge on any atom is -0.382 e. The van der Waals surface area contributed by atoms with Crippen molar-refractivity contribution in [2.75, 3.05) is 19.8 Å². The molecule has 1 unspecified atom stereocenters. The number of rotatable bonds is 9. The maximum absolute atomic E-state index is 5.25. The van der Waals surface area contributed by atoms with E-state index in [-0.39, 0.29) is 0 Å². The summed E-state index contributed by atoms with van der Waals surface area (Å²) in [6.45, 7) is 8.87. The largest absolute Gasteiger partial charge is 0.382 e. The van der Waals surface area contributed by atoms with E-state index in [1.54, 1.807) is 0 Å². The number of ether oxygens (including phenoxy) is 1. The van der Waals surface area contributed by atoms with Gasteiger partial charge in [-0.05, 0) is 38.4 Å². The van der Waals surface area contributed by atoms with Gasteiger partial charge in [-0.15, -0.1) is 0 Å². The van der Waals surface area contributed by atoms with Gasteiger partial charge in [-0.1, -0.05) is 20.3 Å². The maximum atomic E-state index is 5.25. The smallest absolute Gasteiger partial charge is 0.166 e. The molecule has 0 aromatic rings. The molecule has 0 aliphatic rings. The first-order valence-corrected chi connectivity index (χ1v) is 6.77. The Morgan fingerprint density at radius 1 is 1.31 bits per heavy atom. The summed E-state index contributed by atoms with van der Waals surface area (Å²) in [4.78, 5) is 0. The van der Waals surface area contributed by atoms with Gasteiger partial charge in [0.15, 0.2) is 5.11 Å². The van der Waals surface area contributed by atoms with Crippen LogP contribution in [-0.2, 0) is 4.74 Å². The van der Waals surface area contributed by atoms with Gasteiger partial charge in [0.1, 0.15) is 0 Å². The highest BCUT2D eigenvalue weighted by atomic mass is 32.1. The van der Waals surface area contributed by atoms with Crippen LogP contribution in [0.15, 0.2) is 0 Å². The molecule has 0 amide bonds. The van der Waals surface area contributed by atoms with Crippen molar-refractivity contribution in [1.29, 1.82) is 0 Å². The Morgan fingerprint density at radius 3 is 2.62 bits per heavy atom. The first-order chi connectivity index (χ1) is 7.74. The van der Waals surface area contributed by atoms with Crippen LogP contribution in [0.2, 0.25) is 0 Å². The lowest BCUT2D eigenvalue weighted by Crippen LogP contribution is -2.42. The quantitative estimate of drug-likeness (QED) is 0.484. The summed E-state index contributed by atoms with van der Waals surface area (Å²) in [5, 5.41) is 7.32. The number of hydrogen-bond donors (Lipinski definition) is 2. The third kappa shape index (κ3) is 8.92. The van der Waals surface area contributed by atoms with Crippen molar-refractivity contribution < 1.29 is 4.74 Å². The molecule has 0 saturated heterocycles. The van der Waals surface area contributed by atoms with Crippen molar-refractivity contribution in [3.63, 3.8) is 0 Å². The molecule has 0 aliphatic carbocycles. The summed E-state index contributed by atoms with van der Waals surface area (Å²) in [5.74, 6) is 0. The van der Waals surface area contributed by atoms with E-state index in [1.807, 2.05) is 6.92 Å². The Bertz CT molecular complexity index is 176. The van der Waals surface area contributed by atoms with Gasteiger partial charge < -0.3 is 15.4 Å². The number of hydrogen-bond acceptors (Lipinski definition) is 2. The third-order valence-electron chi connectivity index (χ3n) is 2.42. The van der Waals surface area contributed by atoms with Crippen LogP contribution in [0.3, 0.4) is 0 Å². The topological polar surface area (TPSA) is 33.3 Å². The summed E-state index contributed by atoms with van der Waals surface area (Å²) in [7, 11) is 0. The molecule has 0 rings (SSSR count). The highest BCUT2D eigenvalue weighted by molar-refractivity contribution is 7.80. The average Bonchev–Trinajstić information content (AvgIpc) is 2.28. The van der Waals surface area contributed by atoms with Gasteiger partial charge in [0, 0.05) is 25.8 Å². The molecular formula is C12H26N2OS. The zero-order valence-electron chi connectivity index (χ0n) is 10.8. The fourth-order valence-electron chi connectivity index (χ4n) is 1.48. The average molecular weight is 246 g/mol. The molecule has 4 heteroatoms. The predicted octanol–water partition coefficient (Wildman–Crippen LogP) is 2.46. The van der Waals surface area contributed by atoms with Crippen LogP contribution in [0.1, 0.15) is 46.5 Å². The molecule has 0 fully saturated rings. The van der Waals surface area contributed by atoms with Gasteiger partial charge in [0.2, 0.25) is 0 Å². The summed E-state index contributed by atoms with van der Waals surface area (Å²) in [6.07, 6.45) is 4.49. The normalized spacial score (nSPS) is 12.2. The number of nitrogens with one attached hydrogen (secondary N) is 2. The molecule has 1 atom stereocenters. The van der Waals surface area contributed by atoms with Crippen LogP contribution in [0.4, 0.5) is 0 Å². The third-order valence-corrected chi connectivity index (χ3v) is 2.68. The zero-order chi connectivity index (χ0) is 12.2. The second kappa shape index (κ2) is 11.1. The summed E-state index contributed by atoms with van der Waals surface area (Å²) >= 11 is 5.23. The first kappa shape index (κ1) is 15.7. The molecular weight excluding hydrogens is 220 g/mol. The van der Waals surface area contributed by atoms with E-state index in [1.165, 1.54) is 12.8 Å².